The van der Waals surface area contributed by atoms with Gasteiger partial charge in [-0.05, 0) is 24.3 Å². The Labute approximate surface area is 153 Å². The van der Waals surface area contributed by atoms with Crippen LogP contribution in [0.3, 0.4) is 0 Å². The lowest BCUT2D eigenvalue weighted by Gasteiger charge is -2.21. The zero-order valence-electron chi connectivity index (χ0n) is 14.0. The fourth-order valence-electron chi connectivity index (χ4n) is 3.19. The largest absolute Gasteiger partial charge is 0.398 e. The van der Waals surface area contributed by atoms with Gasteiger partial charge in [-0.3, -0.25) is 14.4 Å². The van der Waals surface area contributed by atoms with Crippen molar-refractivity contribution in [3.8, 4) is 0 Å². The molecule has 27 heavy (non-hydrogen) atoms. The van der Waals surface area contributed by atoms with E-state index < -0.39 is 17.5 Å². The molecule has 6 heteroatoms. The molecule has 1 aliphatic rings. The minimum Gasteiger partial charge on any atom is -0.398 e. The van der Waals surface area contributed by atoms with Gasteiger partial charge in [0.05, 0.1) is 22.4 Å². The van der Waals surface area contributed by atoms with Crippen molar-refractivity contribution in [3.63, 3.8) is 0 Å². The second-order valence-corrected chi connectivity index (χ2v) is 6.09. The number of hydrogen-bond donors (Lipinski definition) is 2. The molecule has 0 aliphatic heterocycles. The number of carbonyl (C=O) groups excluding carboxylic acids is 3. The number of fused-ring (bicyclic) bond motifs is 2. The molecule has 0 unspecified atom stereocenters. The summed E-state index contributed by atoms with van der Waals surface area (Å²) in [6.45, 7) is 0. The summed E-state index contributed by atoms with van der Waals surface area (Å²) in [5, 5.41) is 2.53. The van der Waals surface area contributed by atoms with Crippen molar-refractivity contribution in [2.75, 3.05) is 11.1 Å². The van der Waals surface area contributed by atoms with Crippen molar-refractivity contribution in [2.45, 2.75) is 0 Å². The number of carbonyl (C=O) groups is 3. The first-order valence-corrected chi connectivity index (χ1v) is 8.16. The lowest BCUT2D eigenvalue weighted by atomic mass is 9.82. The predicted molar refractivity (Wildman–Crippen MR) is 98.5 cm³/mol. The number of benzene rings is 3. The Morgan fingerprint density at radius 2 is 1.41 bits per heavy atom. The van der Waals surface area contributed by atoms with Crippen LogP contribution in [0.15, 0.2) is 60.7 Å². The predicted octanol–water partition coefficient (Wildman–Crippen LogP) is 3.44. The first kappa shape index (κ1) is 16.7. The summed E-state index contributed by atoms with van der Waals surface area (Å²) < 4.78 is 13.9. The van der Waals surface area contributed by atoms with Crippen molar-refractivity contribution in [3.05, 3.63) is 94.3 Å². The van der Waals surface area contributed by atoms with E-state index in [1.54, 1.807) is 24.3 Å². The van der Waals surface area contributed by atoms with E-state index in [-0.39, 0.29) is 45.0 Å². The van der Waals surface area contributed by atoms with Crippen molar-refractivity contribution < 1.29 is 18.8 Å². The van der Waals surface area contributed by atoms with Crippen LogP contribution in [-0.2, 0) is 0 Å². The number of amides is 1. The lowest BCUT2D eigenvalue weighted by Crippen LogP contribution is -2.25. The maximum Gasteiger partial charge on any atom is 0.258 e. The van der Waals surface area contributed by atoms with Crippen LogP contribution in [0, 0.1) is 5.82 Å². The third-order valence-corrected chi connectivity index (χ3v) is 4.47. The highest BCUT2D eigenvalue weighted by Gasteiger charge is 2.33. The van der Waals surface area contributed by atoms with Crippen LogP contribution in [0.2, 0.25) is 0 Å². The van der Waals surface area contributed by atoms with E-state index in [4.69, 9.17) is 5.73 Å². The van der Waals surface area contributed by atoms with Gasteiger partial charge in [0.25, 0.3) is 5.91 Å². The van der Waals surface area contributed by atoms with Crippen molar-refractivity contribution >= 4 is 28.8 Å². The number of nitrogen functional groups attached to an aromatic ring is 1. The van der Waals surface area contributed by atoms with Crippen LogP contribution < -0.4 is 11.1 Å². The molecule has 5 nitrogen and oxygen atoms in total. The van der Waals surface area contributed by atoms with Crippen molar-refractivity contribution in [1.29, 1.82) is 0 Å². The van der Waals surface area contributed by atoms with E-state index in [1.165, 1.54) is 30.3 Å². The van der Waals surface area contributed by atoms with E-state index in [1.807, 2.05) is 0 Å². The first-order valence-electron chi connectivity index (χ1n) is 8.16. The molecule has 0 spiro atoms. The monoisotopic (exact) mass is 360 g/mol. The SMILES string of the molecule is Nc1ccc(NC(=O)c2ccccc2F)c2c1C(=O)c1ccccc1C2=O. The molecule has 1 amide bonds. The summed E-state index contributed by atoms with van der Waals surface area (Å²) in [7, 11) is 0. The van der Waals surface area contributed by atoms with Crippen LogP contribution in [0.1, 0.15) is 42.2 Å². The van der Waals surface area contributed by atoms with Gasteiger partial charge in [-0.1, -0.05) is 36.4 Å². The van der Waals surface area contributed by atoms with Gasteiger partial charge in [0.1, 0.15) is 5.82 Å². The number of nitrogens with two attached hydrogens (primary N) is 1. The minimum atomic E-state index is -0.723. The molecule has 0 radical (unpaired) electrons. The molecule has 0 aromatic heterocycles. The Kier molecular flexibility index (Phi) is 3.81. The third-order valence-electron chi connectivity index (χ3n) is 4.47. The maximum absolute atomic E-state index is 13.9. The zero-order chi connectivity index (χ0) is 19.1. The topological polar surface area (TPSA) is 89.3 Å². The van der Waals surface area contributed by atoms with Gasteiger partial charge < -0.3 is 11.1 Å². The molecule has 1 aliphatic carbocycles. The second-order valence-electron chi connectivity index (χ2n) is 6.09. The molecule has 132 valence electrons. The smallest absolute Gasteiger partial charge is 0.258 e. The molecule has 0 fully saturated rings. The Balaban J connectivity index is 1.84. The number of halogens is 1. The molecular weight excluding hydrogens is 347 g/mol. The van der Waals surface area contributed by atoms with Crippen LogP contribution in [0.5, 0.6) is 0 Å². The Morgan fingerprint density at radius 3 is 2.07 bits per heavy atom. The fourth-order valence-corrected chi connectivity index (χ4v) is 3.19. The van der Waals surface area contributed by atoms with Gasteiger partial charge >= 0.3 is 0 Å². The van der Waals surface area contributed by atoms with Crippen molar-refractivity contribution in [1.82, 2.24) is 0 Å². The highest BCUT2D eigenvalue weighted by Crippen LogP contribution is 2.35. The highest BCUT2D eigenvalue weighted by atomic mass is 19.1. The quantitative estimate of drug-likeness (QED) is 0.536. The Morgan fingerprint density at radius 1 is 0.815 bits per heavy atom. The van der Waals surface area contributed by atoms with Gasteiger partial charge in [0.2, 0.25) is 0 Å². The standard InChI is InChI=1S/C21H13FN2O3/c22-14-8-4-3-7-13(14)21(27)24-16-10-9-15(23)17-18(16)20(26)12-6-2-1-5-11(12)19(17)25/h1-10H,23H2,(H,24,27). The molecule has 3 N–H and O–H groups in total. The van der Waals surface area contributed by atoms with E-state index in [0.717, 1.165) is 6.07 Å². The number of hydrogen-bond acceptors (Lipinski definition) is 4. The summed E-state index contributed by atoms with van der Waals surface area (Å²) in [5.74, 6) is -2.22. The molecule has 3 aromatic carbocycles. The van der Waals surface area contributed by atoms with Gasteiger partial charge in [0.15, 0.2) is 11.6 Å². The number of anilines is 2. The second kappa shape index (κ2) is 6.17. The van der Waals surface area contributed by atoms with Gasteiger partial charge in [0, 0.05) is 16.8 Å². The number of ketones is 2. The molecule has 0 bridgehead atoms. The van der Waals surface area contributed by atoms with Gasteiger partial charge in [-0.2, -0.15) is 0 Å². The van der Waals surface area contributed by atoms with E-state index in [0.29, 0.717) is 0 Å². The zero-order valence-corrected chi connectivity index (χ0v) is 14.0. The molecule has 3 aromatic rings. The molecule has 0 saturated carbocycles. The average Bonchev–Trinajstić information content (AvgIpc) is 2.67. The Bertz CT molecular complexity index is 1140. The van der Waals surface area contributed by atoms with E-state index in [9.17, 15) is 18.8 Å². The summed E-state index contributed by atoms with van der Waals surface area (Å²) in [4.78, 5) is 38.3. The molecule has 0 atom stereocenters. The van der Waals surface area contributed by atoms with Crippen LogP contribution in [0.4, 0.5) is 15.8 Å². The number of nitrogens with one attached hydrogen (secondary N) is 1. The summed E-state index contributed by atoms with van der Waals surface area (Å²) in [6.07, 6.45) is 0. The molecule has 0 heterocycles. The summed E-state index contributed by atoms with van der Waals surface area (Å²) >= 11 is 0. The van der Waals surface area contributed by atoms with Gasteiger partial charge in [-0.15, -0.1) is 0 Å². The lowest BCUT2D eigenvalue weighted by molar-refractivity contribution is 0.0979. The molecule has 0 saturated heterocycles. The first-order chi connectivity index (χ1) is 13.0. The highest BCUT2D eigenvalue weighted by molar-refractivity contribution is 6.32. The van der Waals surface area contributed by atoms with Crippen molar-refractivity contribution in [2.24, 2.45) is 0 Å². The summed E-state index contributed by atoms with van der Waals surface area (Å²) in [5.41, 5.74) is 6.59. The van der Waals surface area contributed by atoms with Gasteiger partial charge in [-0.25, -0.2) is 4.39 Å². The normalized spacial score (nSPS) is 12.3. The van der Waals surface area contributed by atoms with Crippen LogP contribution >= 0.6 is 0 Å². The molecular formula is C21H13FN2O3. The number of rotatable bonds is 2. The maximum atomic E-state index is 13.9. The van der Waals surface area contributed by atoms with Crippen LogP contribution in [0.25, 0.3) is 0 Å². The molecule has 4 rings (SSSR count). The average molecular weight is 360 g/mol. The Hall–Kier alpha value is -3.80. The van der Waals surface area contributed by atoms with E-state index in [2.05, 4.69) is 5.32 Å². The third kappa shape index (κ3) is 2.58. The minimum absolute atomic E-state index is 0.0170. The van der Waals surface area contributed by atoms with E-state index >= 15 is 0 Å². The fraction of sp³-hybridized carbons (Fsp3) is 0. The summed E-state index contributed by atoms with van der Waals surface area (Å²) in [6, 6.07) is 14.8. The van der Waals surface area contributed by atoms with Crippen LogP contribution in [-0.4, -0.2) is 17.5 Å².